The number of carbonyl (C=O) groups is 2. The van der Waals surface area contributed by atoms with Gasteiger partial charge in [0.1, 0.15) is 17.5 Å². The second-order valence-corrected chi connectivity index (χ2v) is 7.61. The molecular weight excluding hydrogens is 436 g/mol. The number of rotatable bonds is 8. The number of nitrogens with zero attached hydrogens (tertiary/aromatic N) is 1. The van der Waals surface area contributed by atoms with E-state index >= 15 is 0 Å². The number of ether oxygens (including phenoxy) is 2. The summed E-state index contributed by atoms with van der Waals surface area (Å²) >= 11 is 3.52. The first-order valence-electron chi connectivity index (χ1n) is 9.30. The Balaban J connectivity index is 2.16. The minimum atomic E-state index is -0.633. The van der Waals surface area contributed by atoms with Crippen molar-refractivity contribution in [2.75, 3.05) is 20.8 Å². The Morgan fingerprint density at radius 1 is 1.10 bits per heavy atom. The molecule has 156 valence electrons. The van der Waals surface area contributed by atoms with Gasteiger partial charge in [-0.15, -0.1) is 0 Å². The van der Waals surface area contributed by atoms with E-state index in [1.165, 1.54) is 4.90 Å². The fourth-order valence-corrected chi connectivity index (χ4v) is 3.17. The third-order valence-corrected chi connectivity index (χ3v) is 5.95. The van der Waals surface area contributed by atoms with E-state index in [2.05, 4.69) is 21.2 Å². The van der Waals surface area contributed by atoms with E-state index in [1.807, 2.05) is 50.2 Å². The number of halogens is 1. The lowest BCUT2D eigenvalue weighted by Crippen LogP contribution is -2.48. The monoisotopic (exact) mass is 462 g/mol. The number of likely N-dealkylation sites (N-methyl/N-ethyl adjacent to an activating group) is 1. The van der Waals surface area contributed by atoms with Gasteiger partial charge in [0.2, 0.25) is 5.91 Å². The predicted molar refractivity (Wildman–Crippen MR) is 116 cm³/mol. The number of hydrogen-bond donors (Lipinski definition) is 1. The van der Waals surface area contributed by atoms with Gasteiger partial charge in [-0.3, -0.25) is 9.59 Å². The van der Waals surface area contributed by atoms with Crippen molar-refractivity contribution in [1.29, 1.82) is 0 Å². The van der Waals surface area contributed by atoms with Gasteiger partial charge < -0.3 is 19.7 Å². The van der Waals surface area contributed by atoms with Crippen LogP contribution in [0.3, 0.4) is 0 Å². The zero-order chi connectivity index (χ0) is 21.6. The molecule has 2 rings (SSSR count). The molecule has 0 aromatic heterocycles. The van der Waals surface area contributed by atoms with E-state index in [1.54, 1.807) is 21.1 Å². The summed E-state index contributed by atoms with van der Waals surface area (Å²) in [6, 6.07) is 10.5. The van der Waals surface area contributed by atoms with Gasteiger partial charge in [-0.25, -0.2) is 0 Å². The van der Waals surface area contributed by atoms with Crippen molar-refractivity contribution in [3.05, 3.63) is 57.6 Å². The molecule has 0 bridgehead atoms. The molecule has 6 nitrogen and oxygen atoms in total. The van der Waals surface area contributed by atoms with Crippen molar-refractivity contribution < 1.29 is 19.1 Å². The summed E-state index contributed by atoms with van der Waals surface area (Å²) in [6.45, 7) is 5.77. The van der Waals surface area contributed by atoms with Crippen LogP contribution in [-0.4, -0.2) is 43.5 Å². The van der Waals surface area contributed by atoms with Gasteiger partial charge >= 0.3 is 0 Å². The Morgan fingerprint density at radius 3 is 2.21 bits per heavy atom. The molecule has 0 aliphatic carbocycles. The number of carbonyl (C=O) groups excluding carboxylic acids is 2. The first-order chi connectivity index (χ1) is 13.8. The molecule has 0 aliphatic rings. The molecule has 2 amide bonds. The van der Waals surface area contributed by atoms with E-state index in [9.17, 15) is 9.59 Å². The summed E-state index contributed by atoms with van der Waals surface area (Å²) in [5.74, 6) is 0.848. The first-order valence-corrected chi connectivity index (χ1v) is 10.1. The van der Waals surface area contributed by atoms with Crippen LogP contribution in [0.1, 0.15) is 23.6 Å². The zero-order valence-corrected chi connectivity index (χ0v) is 19.0. The topological polar surface area (TPSA) is 67.9 Å². The summed E-state index contributed by atoms with van der Waals surface area (Å²) in [5.41, 5.74) is 2.95. The summed E-state index contributed by atoms with van der Waals surface area (Å²) in [4.78, 5) is 26.6. The fourth-order valence-electron chi connectivity index (χ4n) is 2.94. The number of methoxy groups -OCH3 is 1. The smallest absolute Gasteiger partial charge is 0.261 e. The second kappa shape index (κ2) is 10.3. The van der Waals surface area contributed by atoms with Crippen molar-refractivity contribution in [2.24, 2.45) is 0 Å². The Kier molecular flexibility index (Phi) is 8.08. The van der Waals surface area contributed by atoms with Crippen LogP contribution in [0.4, 0.5) is 0 Å². The standard InChI is InChI=1S/C22H27BrN2O4/c1-14-10-19(11-15(2)21(14)23)29-13-20(26)25(16(3)22(27)24-4)12-17-6-8-18(28-5)9-7-17/h6-11,16H,12-13H2,1-5H3,(H,24,27). The SMILES string of the molecule is CNC(=O)C(C)N(Cc1ccc(OC)cc1)C(=O)COc1cc(C)c(Br)c(C)c1. The van der Waals surface area contributed by atoms with Crippen LogP contribution in [0.25, 0.3) is 0 Å². The number of hydrogen-bond acceptors (Lipinski definition) is 4. The second-order valence-electron chi connectivity index (χ2n) is 6.82. The van der Waals surface area contributed by atoms with Crippen LogP contribution < -0.4 is 14.8 Å². The molecule has 29 heavy (non-hydrogen) atoms. The van der Waals surface area contributed by atoms with Gasteiger partial charge in [0.05, 0.1) is 7.11 Å². The lowest BCUT2D eigenvalue weighted by atomic mass is 10.1. The molecule has 0 saturated heterocycles. The highest BCUT2D eigenvalue weighted by atomic mass is 79.9. The maximum atomic E-state index is 12.9. The summed E-state index contributed by atoms with van der Waals surface area (Å²) in [5, 5.41) is 2.60. The molecule has 0 heterocycles. The van der Waals surface area contributed by atoms with Crippen molar-refractivity contribution in [2.45, 2.75) is 33.4 Å². The van der Waals surface area contributed by atoms with Gasteiger partial charge in [-0.05, 0) is 61.7 Å². The molecule has 7 heteroatoms. The van der Waals surface area contributed by atoms with E-state index in [-0.39, 0.29) is 18.4 Å². The molecule has 0 radical (unpaired) electrons. The molecular formula is C22H27BrN2O4. The zero-order valence-electron chi connectivity index (χ0n) is 17.4. The first kappa shape index (κ1) is 22.7. The van der Waals surface area contributed by atoms with Gasteiger partial charge in [0, 0.05) is 18.1 Å². The van der Waals surface area contributed by atoms with Crippen molar-refractivity contribution >= 4 is 27.7 Å². The van der Waals surface area contributed by atoms with Crippen LogP contribution in [0.15, 0.2) is 40.9 Å². The Bertz CT molecular complexity index is 845. The molecule has 0 saturated carbocycles. The van der Waals surface area contributed by atoms with Gasteiger partial charge in [-0.1, -0.05) is 28.1 Å². The summed E-state index contributed by atoms with van der Waals surface area (Å²) in [6.07, 6.45) is 0. The normalized spacial score (nSPS) is 11.5. The maximum absolute atomic E-state index is 12.9. The average Bonchev–Trinajstić information content (AvgIpc) is 2.73. The number of aryl methyl sites for hydroxylation is 2. The van der Waals surface area contributed by atoms with Crippen LogP contribution in [0, 0.1) is 13.8 Å². The number of nitrogens with one attached hydrogen (secondary N) is 1. The minimum absolute atomic E-state index is 0.155. The average molecular weight is 463 g/mol. The van der Waals surface area contributed by atoms with Crippen LogP contribution in [0.5, 0.6) is 11.5 Å². The summed E-state index contributed by atoms with van der Waals surface area (Å²) in [7, 11) is 3.15. The van der Waals surface area contributed by atoms with E-state index in [0.29, 0.717) is 12.3 Å². The quantitative estimate of drug-likeness (QED) is 0.650. The molecule has 2 aromatic rings. The third kappa shape index (κ3) is 5.97. The highest BCUT2D eigenvalue weighted by Crippen LogP contribution is 2.26. The fraction of sp³-hybridized carbons (Fsp3) is 0.364. The number of amides is 2. The van der Waals surface area contributed by atoms with E-state index < -0.39 is 6.04 Å². The molecule has 0 aliphatic heterocycles. The lowest BCUT2D eigenvalue weighted by Gasteiger charge is -2.28. The largest absolute Gasteiger partial charge is 0.497 e. The summed E-state index contributed by atoms with van der Waals surface area (Å²) < 4.78 is 11.9. The van der Waals surface area contributed by atoms with Gasteiger partial charge in [0.25, 0.3) is 5.91 Å². The van der Waals surface area contributed by atoms with Crippen molar-refractivity contribution in [3.8, 4) is 11.5 Å². The van der Waals surface area contributed by atoms with Gasteiger partial charge in [-0.2, -0.15) is 0 Å². The van der Waals surface area contributed by atoms with Crippen LogP contribution in [-0.2, 0) is 16.1 Å². The van der Waals surface area contributed by atoms with Gasteiger partial charge in [0.15, 0.2) is 6.61 Å². The molecule has 0 fully saturated rings. The highest BCUT2D eigenvalue weighted by Gasteiger charge is 2.26. The molecule has 1 unspecified atom stereocenters. The molecule has 0 spiro atoms. The minimum Gasteiger partial charge on any atom is -0.497 e. The van der Waals surface area contributed by atoms with E-state index in [4.69, 9.17) is 9.47 Å². The Hall–Kier alpha value is -2.54. The Labute approximate surface area is 180 Å². The molecule has 1 atom stereocenters. The third-order valence-electron chi connectivity index (χ3n) is 4.70. The lowest BCUT2D eigenvalue weighted by molar-refractivity contribution is -0.142. The highest BCUT2D eigenvalue weighted by molar-refractivity contribution is 9.10. The van der Waals surface area contributed by atoms with Crippen LogP contribution >= 0.6 is 15.9 Å². The van der Waals surface area contributed by atoms with Crippen molar-refractivity contribution in [1.82, 2.24) is 10.2 Å². The van der Waals surface area contributed by atoms with Crippen molar-refractivity contribution in [3.63, 3.8) is 0 Å². The van der Waals surface area contributed by atoms with Crippen LogP contribution in [0.2, 0.25) is 0 Å². The molecule has 2 aromatic carbocycles. The molecule has 1 N–H and O–H groups in total. The maximum Gasteiger partial charge on any atom is 0.261 e. The number of benzene rings is 2. The predicted octanol–water partition coefficient (Wildman–Crippen LogP) is 3.62. The van der Waals surface area contributed by atoms with E-state index in [0.717, 1.165) is 26.9 Å². The Morgan fingerprint density at radius 2 is 1.69 bits per heavy atom.